The molecular weight excluding hydrogens is 282 g/mol. The van der Waals surface area contributed by atoms with Gasteiger partial charge in [-0.2, -0.15) is 0 Å². The molecule has 4 heteroatoms. The van der Waals surface area contributed by atoms with Gasteiger partial charge < -0.3 is 14.8 Å². The van der Waals surface area contributed by atoms with Gasteiger partial charge in [-0.05, 0) is 36.8 Å². The molecule has 1 aliphatic heterocycles. The Morgan fingerprint density at radius 2 is 1.76 bits per heavy atom. The van der Waals surface area contributed by atoms with E-state index >= 15 is 0 Å². The lowest BCUT2D eigenvalue weighted by molar-refractivity contribution is 0.170. The highest BCUT2D eigenvalue weighted by molar-refractivity contribution is 7.98. The van der Waals surface area contributed by atoms with Gasteiger partial charge in [0.15, 0.2) is 11.5 Å². The van der Waals surface area contributed by atoms with Crippen molar-refractivity contribution in [3.63, 3.8) is 0 Å². The molecule has 1 unspecified atom stereocenters. The van der Waals surface area contributed by atoms with Crippen LogP contribution in [0.15, 0.2) is 17.0 Å². The number of hydrogen-bond donors (Lipinski definition) is 1. The SMILES string of the molecule is CCC(CC)C(C)NCc1cc2c(cc1SC)OCCO2. The van der Waals surface area contributed by atoms with Crippen LogP contribution >= 0.6 is 11.8 Å². The van der Waals surface area contributed by atoms with Crippen molar-refractivity contribution >= 4 is 11.8 Å². The molecule has 0 aliphatic carbocycles. The summed E-state index contributed by atoms with van der Waals surface area (Å²) < 4.78 is 11.4. The standard InChI is InChI=1S/C17H27NO2S/c1-5-13(6-2)12(3)18-11-14-9-15-16(10-17(14)21-4)20-8-7-19-15/h9-10,12-13,18H,5-8,11H2,1-4H3. The number of ether oxygens (including phenoxy) is 2. The molecule has 1 aliphatic rings. The van der Waals surface area contributed by atoms with Crippen LogP contribution in [0.4, 0.5) is 0 Å². The average Bonchev–Trinajstić information content (AvgIpc) is 2.53. The molecule has 0 fully saturated rings. The van der Waals surface area contributed by atoms with Gasteiger partial charge in [0.1, 0.15) is 13.2 Å². The van der Waals surface area contributed by atoms with Gasteiger partial charge in [-0.25, -0.2) is 0 Å². The summed E-state index contributed by atoms with van der Waals surface area (Å²) >= 11 is 1.76. The van der Waals surface area contributed by atoms with Gasteiger partial charge in [-0.3, -0.25) is 0 Å². The zero-order valence-corrected chi connectivity index (χ0v) is 14.4. The van der Waals surface area contributed by atoms with Crippen molar-refractivity contribution in [2.45, 2.75) is 51.1 Å². The molecule has 0 amide bonds. The maximum Gasteiger partial charge on any atom is 0.162 e. The molecule has 1 aromatic carbocycles. The molecule has 1 aromatic rings. The van der Waals surface area contributed by atoms with Crippen LogP contribution in [0.25, 0.3) is 0 Å². The summed E-state index contributed by atoms with van der Waals surface area (Å²) in [6.07, 6.45) is 4.56. The van der Waals surface area contributed by atoms with Crippen LogP contribution in [0.5, 0.6) is 11.5 Å². The Labute approximate surface area is 132 Å². The topological polar surface area (TPSA) is 30.5 Å². The Morgan fingerprint density at radius 3 is 2.33 bits per heavy atom. The van der Waals surface area contributed by atoms with Crippen molar-refractivity contribution in [3.05, 3.63) is 17.7 Å². The quantitative estimate of drug-likeness (QED) is 0.768. The van der Waals surface area contributed by atoms with Crippen LogP contribution in [0.3, 0.4) is 0 Å². The van der Waals surface area contributed by atoms with E-state index in [0.29, 0.717) is 19.3 Å². The van der Waals surface area contributed by atoms with Crippen LogP contribution in [0, 0.1) is 5.92 Å². The van der Waals surface area contributed by atoms with Gasteiger partial charge in [0, 0.05) is 17.5 Å². The first-order valence-corrected chi connectivity index (χ1v) is 9.11. The van der Waals surface area contributed by atoms with Gasteiger partial charge in [0.2, 0.25) is 0 Å². The highest BCUT2D eigenvalue weighted by Gasteiger charge is 2.17. The largest absolute Gasteiger partial charge is 0.486 e. The predicted octanol–water partition coefficient (Wildman–Crippen LogP) is 4.09. The second-order valence-electron chi connectivity index (χ2n) is 5.55. The minimum atomic E-state index is 0.530. The molecule has 0 saturated heterocycles. The van der Waals surface area contributed by atoms with E-state index in [0.717, 1.165) is 24.0 Å². The molecule has 21 heavy (non-hydrogen) atoms. The molecule has 0 bridgehead atoms. The maximum atomic E-state index is 5.70. The first kappa shape index (κ1) is 16.5. The molecule has 1 atom stereocenters. The van der Waals surface area contributed by atoms with E-state index in [9.17, 15) is 0 Å². The van der Waals surface area contributed by atoms with E-state index in [1.165, 1.54) is 23.3 Å². The predicted molar refractivity (Wildman–Crippen MR) is 89.6 cm³/mol. The second-order valence-corrected chi connectivity index (χ2v) is 6.40. The van der Waals surface area contributed by atoms with Crippen molar-refractivity contribution in [2.75, 3.05) is 19.5 Å². The summed E-state index contributed by atoms with van der Waals surface area (Å²) in [4.78, 5) is 1.27. The number of benzene rings is 1. The first-order chi connectivity index (χ1) is 10.2. The summed E-state index contributed by atoms with van der Waals surface area (Å²) in [5.41, 5.74) is 1.30. The Morgan fingerprint density at radius 1 is 1.14 bits per heavy atom. The Hall–Kier alpha value is -0.870. The lowest BCUT2D eigenvalue weighted by atomic mass is 9.95. The molecule has 0 saturated carbocycles. The van der Waals surface area contributed by atoms with Gasteiger partial charge in [0.05, 0.1) is 0 Å². The van der Waals surface area contributed by atoms with E-state index in [1.807, 2.05) is 0 Å². The third kappa shape index (κ3) is 4.07. The van der Waals surface area contributed by atoms with Crippen LogP contribution in [0.2, 0.25) is 0 Å². The number of nitrogens with one attached hydrogen (secondary N) is 1. The molecule has 3 nitrogen and oxygen atoms in total. The fourth-order valence-electron chi connectivity index (χ4n) is 2.87. The molecule has 1 N–H and O–H groups in total. The molecule has 0 spiro atoms. The second kappa shape index (κ2) is 7.95. The highest BCUT2D eigenvalue weighted by Crippen LogP contribution is 2.36. The van der Waals surface area contributed by atoms with Gasteiger partial charge >= 0.3 is 0 Å². The maximum absolute atomic E-state index is 5.70. The Kier molecular flexibility index (Phi) is 6.24. The van der Waals surface area contributed by atoms with Crippen LogP contribution in [-0.4, -0.2) is 25.5 Å². The molecular formula is C17H27NO2S. The first-order valence-electron chi connectivity index (χ1n) is 7.89. The van der Waals surface area contributed by atoms with E-state index in [2.05, 4.69) is 44.5 Å². The van der Waals surface area contributed by atoms with Crippen molar-refractivity contribution in [2.24, 2.45) is 5.92 Å². The molecule has 0 aromatic heterocycles. The van der Waals surface area contributed by atoms with E-state index in [-0.39, 0.29) is 0 Å². The van der Waals surface area contributed by atoms with E-state index in [4.69, 9.17) is 9.47 Å². The zero-order chi connectivity index (χ0) is 15.2. The lowest BCUT2D eigenvalue weighted by Crippen LogP contribution is -2.32. The molecule has 0 radical (unpaired) electrons. The Bertz CT molecular complexity index is 460. The summed E-state index contributed by atoms with van der Waals surface area (Å²) in [7, 11) is 0. The summed E-state index contributed by atoms with van der Waals surface area (Å²) in [5.74, 6) is 2.49. The van der Waals surface area contributed by atoms with Gasteiger partial charge in [-0.1, -0.05) is 26.7 Å². The third-order valence-corrected chi connectivity index (χ3v) is 5.14. The van der Waals surface area contributed by atoms with Crippen LogP contribution in [0.1, 0.15) is 39.2 Å². The van der Waals surface area contributed by atoms with Crippen molar-refractivity contribution in [1.82, 2.24) is 5.32 Å². The minimum Gasteiger partial charge on any atom is -0.486 e. The average molecular weight is 309 g/mol. The number of hydrogen-bond acceptors (Lipinski definition) is 4. The lowest BCUT2D eigenvalue weighted by Gasteiger charge is -2.24. The van der Waals surface area contributed by atoms with Gasteiger partial charge in [-0.15, -0.1) is 11.8 Å². The zero-order valence-electron chi connectivity index (χ0n) is 13.6. The fourth-order valence-corrected chi connectivity index (χ4v) is 3.49. The van der Waals surface area contributed by atoms with Crippen LogP contribution in [-0.2, 0) is 6.54 Å². The summed E-state index contributed by atoms with van der Waals surface area (Å²) in [6, 6.07) is 4.77. The number of rotatable bonds is 7. The Balaban J connectivity index is 2.08. The number of thioether (sulfide) groups is 1. The normalized spacial score (nSPS) is 15.3. The minimum absolute atomic E-state index is 0.530. The highest BCUT2D eigenvalue weighted by atomic mass is 32.2. The smallest absolute Gasteiger partial charge is 0.162 e. The summed E-state index contributed by atoms with van der Waals surface area (Å²) in [5, 5.41) is 3.67. The molecule has 2 rings (SSSR count). The van der Waals surface area contributed by atoms with E-state index in [1.54, 1.807) is 11.8 Å². The van der Waals surface area contributed by atoms with Crippen molar-refractivity contribution < 1.29 is 9.47 Å². The monoisotopic (exact) mass is 309 g/mol. The van der Waals surface area contributed by atoms with Crippen molar-refractivity contribution in [1.29, 1.82) is 0 Å². The fraction of sp³-hybridized carbons (Fsp3) is 0.647. The number of fused-ring (bicyclic) bond motifs is 1. The van der Waals surface area contributed by atoms with Crippen LogP contribution < -0.4 is 14.8 Å². The van der Waals surface area contributed by atoms with Crippen molar-refractivity contribution in [3.8, 4) is 11.5 Å². The third-order valence-electron chi connectivity index (χ3n) is 4.32. The van der Waals surface area contributed by atoms with Gasteiger partial charge in [0.25, 0.3) is 0 Å². The molecule has 118 valence electrons. The van der Waals surface area contributed by atoms with E-state index < -0.39 is 0 Å². The summed E-state index contributed by atoms with van der Waals surface area (Å²) in [6.45, 7) is 8.99. The molecule has 1 heterocycles.